The lowest BCUT2D eigenvalue weighted by Gasteiger charge is -2.31. The Morgan fingerprint density at radius 1 is 0.418 bits per heavy atom. The van der Waals surface area contributed by atoms with E-state index in [-0.39, 0.29) is 5.41 Å². The van der Waals surface area contributed by atoms with Crippen LogP contribution in [0.4, 0.5) is 17.1 Å². The normalized spacial score (nSPS) is 13.1. The lowest BCUT2D eigenvalue weighted by molar-refractivity contribution is 0.660. The van der Waals surface area contributed by atoms with E-state index in [0.29, 0.717) is 0 Å². The molecule has 1 aliphatic rings. The highest BCUT2D eigenvalue weighted by Gasteiger charge is 2.36. The summed E-state index contributed by atoms with van der Waals surface area (Å²) in [5.74, 6) is 0. The van der Waals surface area contributed by atoms with Crippen LogP contribution in [0.1, 0.15) is 25.0 Å². The largest absolute Gasteiger partial charge is 0.456 e. The smallest absolute Gasteiger partial charge is 0.136 e. The number of hydrogen-bond donors (Lipinski definition) is 0. The van der Waals surface area contributed by atoms with E-state index >= 15 is 0 Å². The first-order valence-electron chi connectivity index (χ1n) is 19.1. The van der Waals surface area contributed by atoms with Crippen LogP contribution in [0.25, 0.3) is 76.9 Å². The van der Waals surface area contributed by atoms with Crippen molar-refractivity contribution in [3.63, 3.8) is 0 Å². The summed E-state index contributed by atoms with van der Waals surface area (Å²) in [6.45, 7) is 4.72. The maximum atomic E-state index is 6.62. The van der Waals surface area contributed by atoms with Crippen molar-refractivity contribution in [3.05, 3.63) is 199 Å². The lowest BCUT2D eigenvalue weighted by atomic mass is 9.82. The second-order valence-electron chi connectivity index (χ2n) is 15.3. The van der Waals surface area contributed by atoms with Gasteiger partial charge in [-0.05, 0) is 103 Å². The predicted molar refractivity (Wildman–Crippen MR) is 232 cm³/mol. The van der Waals surface area contributed by atoms with Crippen LogP contribution in [0.2, 0.25) is 0 Å². The molecule has 2 heteroatoms. The van der Waals surface area contributed by atoms with Gasteiger partial charge in [0.15, 0.2) is 0 Å². The maximum absolute atomic E-state index is 6.62. The van der Waals surface area contributed by atoms with Gasteiger partial charge >= 0.3 is 0 Å². The van der Waals surface area contributed by atoms with Gasteiger partial charge in [0.25, 0.3) is 0 Å². The van der Waals surface area contributed by atoms with Crippen molar-refractivity contribution in [2.24, 2.45) is 0 Å². The fraction of sp³-hybridized carbons (Fsp3) is 0.0566. The van der Waals surface area contributed by atoms with Gasteiger partial charge in [0.1, 0.15) is 11.2 Å². The first kappa shape index (κ1) is 31.6. The Balaban J connectivity index is 1.26. The molecule has 0 atom stereocenters. The molecule has 260 valence electrons. The zero-order chi connectivity index (χ0) is 36.7. The molecule has 10 aromatic rings. The summed E-state index contributed by atoms with van der Waals surface area (Å²) in [4.78, 5) is 2.48. The molecule has 0 N–H and O–H groups in total. The fourth-order valence-electron chi connectivity index (χ4n) is 9.22. The van der Waals surface area contributed by atoms with Gasteiger partial charge in [0.05, 0.1) is 5.69 Å². The summed E-state index contributed by atoms with van der Waals surface area (Å²) < 4.78 is 6.62. The van der Waals surface area contributed by atoms with Crippen molar-refractivity contribution in [1.82, 2.24) is 0 Å². The van der Waals surface area contributed by atoms with E-state index < -0.39 is 0 Å². The third kappa shape index (κ3) is 4.81. The molecule has 55 heavy (non-hydrogen) atoms. The number of anilines is 3. The van der Waals surface area contributed by atoms with E-state index in [2.05, 4.69) is 207 Å². The molecule has 1 aliphatic carbocycles. The molecular formula is C53H37NO. The van der Waals surface area contributed by atoms with Crippen LogP contribution >= 0.6 is 0 Å². The van der Waals surface area contributed by atoms with Crippen molar-refractivity contribution in [2.45, 2.75) is 19.3 Å². The molecule has 2 nitrogen and oxygen atoms in total. The van der Waals surface area contributed by atoms with Gasteiger partial charge in [-0.2, -0.15) is 0 Å². The number of nitrogens with zero attached hydrogens (tertiary/aromatic N) is 1. The SMILES string of the molecule is CC1(C)c2ccccc2-c2ccc(N(c3ccc4ccc5ccccc5c4c3)c3ccc4oc5ccccc5c4c3-c3ccccc3-c3ccccc3)cc21. The summed E-state index contributed by atoms with van der Waals surface area (Å²) in [6.07, 6.45) is 0. The third-order valence-electron chi connectivity index (χ3n) is 11.9. The molecule has 1 heterocycles. The average Bonchev–Trinajstić information content (AvgIpc) is 3.73. The van der Waals surface area contributed by atoms with E-state index in [4.69, 9.17) is 4.42 Å². The molecular weight excluding hydrogens is 667 g/mol. The Morgan fingerprint density at radius 2 is 1.04 bits per heavy atom. The van der Waals surface area contributed by atoms with Gasteiger partial charge in [0.2, 0.25) is 0 Å². The summed E-state index contributed by atoms with van der Waals surface area (Å²) in [5, 5.41) is 7.15. The Bertz CT molecular complexity index is 3130. The Labute approximate surface area is 320 Å². The minimum Gasteiger partial charge on any atom is -0.456 e. The molecule has 0 amide bonds. The van der Waals surface area contributed by atoms with Crippen LogP contribution in [0.15, 0.2) is 192 Å². The highest BCUT2D eigenvalue weighted by Crippen LogP contribution is 2.53. The van der Waals surface area contributed by atoms with E-state index in [0.717, 1.165) is 50.1 Å². The van der Waals surface area contributed by atoms with Gasteiger partial charge in [-0.1, -0.05) is 159 Å². The molecule has 0 aliphatic heterocycles. The molecule has 0 fully saturated rings. The predicted octanol–water partition coefficient (Wildman–Crippen LogP) is 15.0. The molecule has 0 saturated carbocycles. The Kier molecular flexibility index (Phi) is 6.93. The zero-order valence-electron chi connectivity index (χ0n) is 30.8. The monoisotopic (exact) mass is 703 g/mol. The first-order valence-corrected chi connectivity index (χ1v) is 19.1. The summed E-state index contributed by atoms with van der Waals surface area (Å²) in [7, 11) is 0. The van der Waals surface area contributed by atoms with Gasteiger partial charge in [0, 0.05) is 33.1 Å². The van der Waals surface area contributed by atoms with Gasteiger partial charge < -0.3 is 9.32 Å². The second kappa shape index (κ2) is 12.1. The van der Waals surface area contributed by atoms with Crippen LogP contribution in [-0.2, 0) is 5.41 Å². The summed E-state index contributed by atoms with van der Waals surface area (Å²) >= 11 is 0. The number of hydrogen-bond acceptors (Lipinski definition) is 2. The minimum atomic E-state index is -0.152. The van der Waals surface area contributed by atoms with Gasteiger partial charge in [-0.3, -0.25) is 0 Å². The molecule has 0 bridgehead atoms. The van der Waals surface area contributed by atoms with Crippen molar-refractivity contribution in [1.29, 1.82) is 0 Å². The molecule has 0 radical (unpaired) electrons. The number of furan rings is 1. The van der Waals surface area contributed by atoms with Crippen LogP contribution < -0.4 is 4.90 Å². The molecule has 0 unspecified atom stereocenters. The Morgan fingerprint density at radius 3 is 1.89 bits per heavy atom. The minimum absolute atomic E-state index is 0.152. The van der Waals surface area contributed by atoms with Crippen molar-refractivity contribution in [3.8, 4) is 33.4 Å². The second-order valence-corrected chi connectivity index (χ2v) is 15.3. The number of benzene rings is 9. The number of fused-ring (bicyclic) bond motifs is 9. The molecule has 1 aromatic heterocycles. The quantitative estimate of drug-likeness (QED) is 0.166. The highest BCUT2D eigenvalue weighted by molar-refractivity contribution is 6.18. The van der Waals surface area contributed by atoms with Crippen LogP contribution in [0.5, 0.6) is 0 Å². The van der Waals surface area contributed by atoms with Crippen LogP contribution in [-0.4, -0.2) is 0 Å². The summed E-state index contributed by atoms with van der Waals surface area (Å²) in [6, 6.07) is 68.5. The summed E-state index contributed by atoms with van der Waals surface area (Å²) in [5.41, 5.74) is 14.9. The fourth-order valence-corrected chi connectivity index (χ4v) is 9.22. The van der Waals surface area contributed by atoms with E-state index in [1.807, 2.05) is 0 Å². The Hall–Kier alpha value is -6.90. The number of para-hydroxylation sites is 1. The molecule has 9 aromatic carbocycles. The zero-order valence-corrected chi connectivity index (χ0v) is 30.8. The number of rotatable bonds is 5. The highest BCUT2D eigenvalue weighted by atomic mass is 16.3. The van der Waals surface area contributed by atoms with Crippen LogP contribution in [0, 0.1) is 0 Å². The van der Waals surface area contributed by atoms with E-state index in [1.54, 1.807) is 0 Å². The topological polar surface area (TPSA) is 16.4 Å². The molecule has 0 saturated heterocycles. The van der Waals surface area contributed by atoms with Gasteiger partial charge in [-0.25, -0.2) is 0 Å². The average molecular weight is 704 g/mol. The van der Waals surface area contributed by atoms with E-state index in [1.165, 1.54) is 54.9 Å². The van der Waals surface area contributed by atoms with Crippen molar-refractivity contribution in [2.75, 3.05) is 4.90 Å². The maximum Gasteiger partial charge on any atom is 0.136 e. The van der Waals surface area contributed by atoms with Crippen molar-refractivity contribution < 1.29 is 4.42 Å². The standard InChI is InChI=1S/C53H37NO/c1-53(2)46-22-12-10-19-41(46)42-29-28-38(33-47(42)53)54(37-27-26-36-25-24-35-16-6-7-18-40(35)45(36)32-37)48-30-31-50-52(44-21-11-13-23-49(44)55-50)51(48)43-20-9-8-17-39(43)34-14-4-3-5-15-34/h3-33H,1-2H3. The van der Waals surface area contributed by atoms with Crippen molar-refractivity contribution >= 4 is 60.5 Å². The lowest BCUT2D eigenvalue weighted by Crippen LogP contribution is -2.17. The van der Waals surface area contributed by atoms with Crippen LogP contribution in [0.3, 0.4) is 0 Å². The third-order valence-corrected chi connectivity index (χ3v) is 11.9. The molecule has 0 spiro atoms. The first-order chi connectivity index (χ1) is 27.0. The van der Waals surface area contributed by atoms with Gasteiger partial charge in [-0.15, -0.1) is 0 Å². The van der Waals surface area contributed by atoms with E-state index in [9.17, 15) is 0 Å². The molecule has 11 rings (SSSR count).